The van der Waals surface area contributed by atoms with Gasteiger partial charge in [-0.15, -0.1) is 0 Å². The van der Waals surface area contributed by atoms with E-state index >= 15 is 0 Å². The van der Waals surface area contributed by atoms with Gasteiger partial charge in [0.2, 0.25) is 0 Å². The largest absolute Gasteiger partial charge is 0.382 e. The number of hydrogen-bond donors (Lipinski definition) is 1. The first-order valence-corrected chi connectivity index (χ1v) is 5.29. The van der Waals surface area contributed by atoms with Gasteiger partial charge in [-0.25, -0.2) is 0 Å². The molecule has 13 heavy (non-hydrogen) atoms. The highest BCUT2D eigenvalue weighted by atomic mass is 16.5. The molecule has 2 unspecified atom stereocenters. The first-order chi connectivity index (χ1) is 6.24. The summed E-state index contributed by atoms with van der Waals surface area (Å²) in [5, 5.41) is 0. The van der Waals surface area contributed by atoms with Gasteiger partial charge in [-0.1, -0.05) is 6.92 Å². The summed E-state index contributed by atoms with van der Waals surface area (Å²) in [6.45, 7) is 9.34. The van der Waals surface area contributed by atoms with E-state index in [4.69, 9.17) is 10.5 Å². The van der Waals surface area contributed by atoms with E-state index in [1.165, 1.54) is 0 Å². The summed E-state index contributed by atoms with van der Waals surface area (Å²) in [7, 11) is 0. The molecule has 0 aromatic rings. The van der Waals surface area contributed by atoms with Crippen LogP contribution < -0.4 is 5.73 Å². The average Bonchev–Trinajstić information content (AvgIpc) is 2.41. The molecule has 1 fully saturated rings. The van der Waals surface area contributed by atoms with Gasteiger partial charge >= 0.3 is 0 Å². The first-order valence-electron chi connectivity index (χ1n) is 5.29. The Balaban J connectivity index is 2.03. The smallest absolute Gasteiger partial charge is 0.0478 e. The zero-order chi connectivity index (χ0) is 9.68. The number of nitrogens with two attached hydrogens (primary N) is 1. The Labute approximate surface area is 81.2 Å². The van der Waals surface area contributed by atoms with Crippen LogP contribution in [-0.4, -0.2) is 43.8 Å². The summed E-state index contributed by atoms with van der Waals surface area (Å²) in [4.78, 5) is 2.44. The molecule has 1 saturated heterocycles. The average molecular weight is 186 g/mol. The van der Waals surface area contributed by atoms with Gasteiger partial charge in [-0.3, -0.25) is 0 Å². The molecule has 2 N–H and O–H groups in total. The molecule has 78 valence electrons. The Kier molecular flexibility index (Phi) is 4.70. The minimum absolute atomic E-state index is 0.382. The summed E-state index contributed by atoms with van der Waals surface area (Å²) in [5.41, 5.74) is 5.93. The van der Waals surface area contributed by atoms with Crippen LogP contribution in [0.1, 0.15) is 20.3 Å². The highest BCUT2D eigenvalue weighted by molar-refractivity contribution is 4.83. The number of ether oxygens (including phenoxy) is 1. The summed E-state index contributed by atoms with van der Waals surface area (Å²) in [5.74, 6) is 0.659. The molecule has 0 spiro atoms. The zero-order valence-electron chi connectivity index (χ0n) is 8.83. The maximum Gasteiger partial charge on any atom is 0.0478 e. The Bertz CT molecular complexity index is 131. The third-order valence-electron chi connectivity index (χ3n) is 2.71. The fraction of sp³-hybridized carbons (Fsp3) is 1.00. The van der Waals surface area contributed by atoms with Crippen molar-refractivity contribution in [2.24, 2.45) is 11.7 Å². The second-order valence-corrected chi connectivity index (χ2v) is 3.95. The second kappa shape index (κ2) is 5.58. The molecule has 3 heteroatoms. The highest BCUT2D eigenvalue weighted by Gasteiger charge is 2.25. The van der Waals surface area contributed by atoms with Crippen LogP contribution in [0.4, 0.5) is 0 Å². The SMILES string of the molecule is CCOCCCN1CC(C)C(N)C1. The lowest BCUT2D eigenvalue weighted by molar-refractivity contribution is 0.135. The van der Waals surface area contributed by atoms with Crippen molar-refractivity contribution >= 4 is 0 Å². The molecule has 0 aliphatic carbocycles. The molecule has 3 nitrogen and oxygen atoms in total. The molecular weight excluding hydrogens is 164 g/mol. The second-order valence-electron chi connectivity index (χ2n) is 3.95. The van der Waals surface area contributed by atoms with Gasteiger partial charge < -0.3 is 15.4 Å². The van der Waals surface area contributed by atoms with Crippen LogP contribution in [0.3, 0.4) is 0 Å². The quantitative estimate of drug-likeness (QED) is 0.642. The van der Waals surface area contributed by atoms with Crippen molar-refractivity contribution in [1.82, 2.24) is 4.90 Å². The first kappa shape index (κ1) is 11.0. The molecule has 2 atom stereocenters. The topological polar surface area (TPSA) is 38.5 Å². The molecule has 0 aromatic carbocycles. The van der Waals surface area contributed by atoms with Gasteiger partial charge in [0.05, 0.1) is 0 Å². The van der Waals surface area contributed by atoms with Crippen molar-refractivity contribution in [3.8, 4) is 0 Å². The molecule has 0 bridgehead atoms. The van der Waals surface area contributed by atoms with Crippen LogP contribution in [-0.2, 0) is 4.74 Å². The van der Waals surface area contributed by atoms with E-state index in [0.29, 0.717) is 12.0 Å². The van der Waals surface area contributed by atoms with Crippen molar-refractivity contribution in [2.75, 3.05) is 32.8 Å². The number of nitrogens with zero attached hydrogens (tertiary/aromatic N) is 1. The van der Waals surface area contributed by atoms with Gasteiger partial charge in [-0.05, 0) is 19.3 Å². The Morgan fingerprint density at radius 2 is 2.23 bits per heavy atom. The lowest BCUT2D eigenvalue weighted by Gasteiger charge is -2.14. The maximum atomic E-state index is 5.93. The van der Waals surface area contributed by atoms with Crippen molar-refractivity contribution in [3.63, 3.8) is 0 Å². The van der Waals surface area contributed by atoms with E-state index in [1.807, 2.05) is 6.92 Å². The number of rotatable bonds is 5. The van der Waals surface area contributed by atoms with Gasteiger partial charge in [0.15, 0.2) is 0 Å². The van der Waals surface area contributed by atoms with E-state index < -0.39 is 0 Å². The maximum absolute atomic E-state index is 5.93. The third kappa shape index (κ3) is 3.63. The molecule has 0 amide bonds. The van der Waals surface area contributed by atoms with Crippen LogP contribution in [0, 0.1) is 5.92 Å². The van der Waals surface area contributed by atoms with Gasteiger partial charge in [0, 0.05) is 38.9 Å². The van der Waals surface area contributed by atoms with Crippen molar-refractivity contribution in [3.05, 3.63) is 0 Å². The summed E-state index contributed by atoms with van der Waals surface area (Å²) in [6.07, 6.45) is 1.13. The van der Waals surface area contributed by atoms with Crippen LogP contribution in [0.5, 0.6) is 0 Å². The minimum Gasteiger partial charge on any atom is -0.382 e. The predicted molar refractivity (Wildman–Crippen MR) is 54.7 cm³/mol. The summed E-state index contributed by atoms with van der Waals surface area (Å²) in [6, 6.07) is 0.382. The predicted octanol–water partition coefficient (Wildman–Crippen LogP) is 0.692. The van der Waals surface area contributed by atoms with E-state index in [9.17, 15) is 0 Å². The fourth-order valence-corrected chi connectivity index (χ4v) is 1.81. The van der Waals surface area contributed by atoms with Gasteiger partial charge in [-0.2, -0.15) is 0 Å². The van der Waals surface area contributed by atoms with Crippen LogP contribution in [0.15, 0.2) is 0 Å². The Morgan fingerprint density at radius 1 is 1.46 bits per heavy atom. The Hall–Kier alpha value is -0.120. The van der Waals surface area contributed by atoms with Crippen LogP contribution in [0.2, 0.25) is 0 Å². The standard InChI is InChI=1S/C10H22N2O/c1-3-13-6-4-5-12-7-9(2)10(11)8-12/h9-10H,3-8,11H2,1-2H3. The Morgan fingerprint density at radius 3 is 2.77 bits per heavy atom. The fourth-order valence-electron chi connectivity index (χ4n) is 1.81. The van der Waals surface area contributed by atoms with Crippen molar-refractivity contribution in [2.45, 2.75) is 26.3 Å². The van der Waals surface area contributed by atoms with Crippen LogP contribution >= 0.6 is 0 Å². The van der Waals surface area contributed by atoms with Gasteiger partial charge in [0.1, 0.15) is 0 Å². The lowest BCUT2D eigenvalue weighted by atomic mass is 10.1. The van der Waals surface area contributed by atoms with E-state index in [-0.39, 0.29) is 0 Å². The van der Waals surface area contributed by atoms with Gasteiger partial charge in [0.25, 0.3) is 0 Å². The monoisotopic (exact) mass is 186 g/mol. The normalized spacial score (nSPS) is 29.8. The molecular formula is C10H22N2O. The lowest BCUT2D eigenvalue weighted by Crippen LogP contribution is -2.29. The van der Waals surface area contributed by atoms with E-state index in [2.05, 4.69) is 11.8 Å². The molecule has 1 aliphatic rings. The van der Waals surface area contributed by atoms with Crippen molar-refractivity contribution < 1.29 is 4.74 Å². The molecule has 1 rings (SSSR count). The molecule has 0 radical (unpaired) electrons. The minimum atomic E-state index is 0.382. The van der Waals surface area contributed by atoms with Crippen LogP contribution in [0.25, 0.3) is 0 Å². The molecule has 1 heterocycles. The zero-order valence-corrected chi connectivity index (χ0v) is 8.83. The number of hydrogen-bond acceptors (Lipinski definition) is 3. The summed E-state index contributed by atoms with van der Waals surface area (Å²) >= 11 is 0. The molecule has 0 saturated carbocycles. The highest BCUT2D eigenvalue weighted by Crippen LogP contribution is 2.14. The molecule has 0 aromatic heterocycles. The van der Waals surface area contributed by atoms with E-state index in [1.54, 1.807) is 0 Å². The third-order valence-corrected chi connectivity index (χ3v) is 2.71. The summed E-state index contributed by atoms with van der Waals surface area (Å²) < 4.78 is 5.29. The number of likely N-dealkylation sites (tertiary alicyclic amines) is 1. The molecule has 1 aliphatic heterocycles. The van der Waals surface area contributed by atoms with Crippen molar-refractivity contribution in [1.29, 1.82) is 0 Å². The van der Waals surface area contributed by atoms with E-state index in [0.717, 1.165) is 39.3 Å².